The highest BCUT2D eigenvalue weighted by atomic mass is 14.8. The standard InChI is InChI=1S/C11H10N2.C2H6/c1-9-2-4-10(5-3-9)11-8-12-6-7-13-11;1-2/h2-8H,1H3;1-2H3. The summed E-state index contributed by atoms with van der Waals surface area (Å²) in [5.41, 5.74) is 3.29. The lowest BCUT2D eigenvalue weighted by Crippen LogP contribution is -1.83. The Hall–Kier alpha value is -1.70. The molecule has 2 heteroatoms. The van der Waals surface area contributed by atoms with Gasteiger partial charge in [0.2, 0.25) is 0 Å². The lowest BCUT2D eigenvalue weighted by Gasteiger charge is -1.99. The van der Waals surface area contributed by atoms with Crippen LogP contribution in [0, 0.1) is 6.92 Å². The van der Waals surface area contributed by atoms with Gasteiger partial charge in [-0.05, 0) is 6.92 Å². The maximum atomic E-state index is 4.22. The fraction of sp³-hybridized carbons (Fsp3) is 0.231. The van der Waals surface area contributed by atoms with Crippen molar-refractivity contribution in [2.45, 2.75) is 20.8 Å². The number of aryl methyl sites for hydroxylation is 1. The molecule has 0 fully saturated rings. The first-order valence-corrected chi connectivity index (χ1v) is 5.19. The lowest BCUT2D eigenvalue weighted by molar-refractivity contribution is 1.20. The van der Waals surface area contributed by atoms with E-state index < -0.39 is 0 Å². The number of benzene rings is 1. The molecule has 0 aliphatic rings. The average Bonchev–Trinajstić information content (AvgIpc) is 2.34. The zero-order chi connectivity index (χ0) is 11.1. The minimum atomic E-state index is 0.919. The maximum Gasteiger partial charge on any atom is 0.0885 e. The van der Waals surface area contributed by atoms with Gasteiger partial charge in [-0.2, -0.15) is 0 Å². The Morgan fingerprint density at radius 1 is 0.933 bits per heavy atom. The molecular formula is C13H16N2. The number of aromatic nitrogens is 2. The van der Waals surface area contributed by atoms with Gasteiger partial charge in [-0.3, -0.25) is 9.97 Å². The normalized spacial score (nSPS) is 9.00. The van der Waals surface area contributed by atoms with Crippen LogP contribution in [0.3, 0.4) is 0 Å². The van der Waals surface area contributed by atoms with Crippen molar-refractivity contribution < 1.29 is 0 Å². The third-order valence-electron chi connectivity index (χ3n) is 1.91. The van der Waals surface area contributed by atoms with Crippen molar-refractivity contribution in [3.8, 4) is 11.3 Å². The predicted molar refractivity (Wildman–Crippen MR) is 63.6 cm³/mol. The van der Waals surface area contributed by atoms with Crippen LogP contribution in [0.5, 0.6) is 0 Å². The summed E-state index contributed by atoms with van der Waals surface area (Å²) in [6.07, 6.45) is 5.15. The average molecular weight is 200 g/mol. The first kappa shape index (κ1) is 11.4. The van der Waals surface area contributed by atoms with Crippen LogP contribution in [0.2, 0.25) is 0 Å². The van der Waals surface area contributed by atoms with E-state index in [2.05, 4.69) is 41.2 Å². The van der Waals surface area contributed by atoms with Crippen molar-refractivity contribution in [3.05, 3.63) is 48.4 Å². The second kappa shape index (κ2) is 5.91. The van der Waals surface area contributed by atoms with Gasteiger partial charge < -0.3 is 0 Å². The smallest absolute Gasteiger partial charge is 0.0885 e. The maximum absolute atomic E-state index is 4.22. The van der Waals surface area contributed by atoms with Crippen LogP contribution in [-0.4, -0.2) is 9.97 Å². The Bertz CT molecular complexity index is 379. The SMILES string of the molecule is CC.Cc1ccc(-c2cnccn2)cc1. The van der Waals surface area contributed by atoms with Crippen LogP contribution in [0.15, 0.2) is 42.9 Å². The fourth-order valence-corrected chi connectivity index (χ4v) is 1.17. The van der Waals surface area contributed by atoms with E-state index in [-0.39, 0.29) is 0 Å². The second-order valence-electron chi connectivity index (χ2n) is 2.96. The Kier molecular flexibility index (Phi) is 4.48. The van der Waals surface area contributed by atoms with Crippen molar-refractivity contribution >= 4 is 0 Å². The Morgan fingerprint density at radius 3 is 2.13 bits per heavy atom. The molecule has 0 bridgehead atoms. The minimum Gasteiger partial charge on any atom is -0.261 e. The van der Waals surface area contributed by atoms with Gasteiger partial charge in [-0.1, -0.05) is 43.7 Å². The van der Waals surface area contributed by atoms with E-state index in [1.165, 1.54) is 5.56 Å². The first-order valence-electron chi connectivity index (χ1n) is 5.19. The molecule has 0 atom stereocenters. The Morgan fingerprint density at radius 2 is 1.60 bits per heavy atom. The molecule has 0 radical (unpaired) electrons. The van der Waals surface area contributed by atoms with E-state index >= 15 is 0 Å². The summed E-state index contributed by atoms with van der Waals surface area (Å²) in [4.78, 5) is 8.24. The van der Waals surface area contributed by atoms with E-state index in [4.69, 9.17) is 0 Å². The summed E-state index contributed by atoms with van der Waals surface area (Å²) in [5.74, 6) is 0. The molecule has 1 aromatic carbocycles. The number of nitrogens with zero attached hydrogens (tertiary/aromatic N) is 2. The highest BCUT2D eigenvalue weighted by Crippen LogP contribution is 2.15. The van der Waals surface area contributed by atoms with E-state index in [0.29, 0.717) is 0 Å². The van der Waals surface area contributed by atoms with Gasteiger partial charge in [0.1, 0.15) is 0 Å². The van der Waals surface area contributed by atoms with Gasteiger partial charge >= 0.3 is 0 Å². The van der Waals surface area contributed by atoms with Crippen molar-refractivity contribution in [1.29, 1.82) is 0 Å². The van der Waals surface area contributed by atoms with Crippen LogP contribution in [0.25, 0.3) is 11.3 Å². The first-order chi connectivity index (χ1) is 7.36. The van der Waals surface area contributed by atoms with E-state index in [1.54, 1.807) is 18.6 Å². The molecule has 0 N–H and O–H groups in total. The number of hydrogen-bond donors (Lipinski definition) is 0. The molecule has 1 aromatic heterocycles. The predicted octanol–water partition coefficient (Wildman–Crippen LogP) is 3.48. The molecule has 0 spiro atoms. The highest BCUT2D eigenvalue weighted by Gasteiger charge is 1.96. The van der Waals surface area contributed by atoms with Crippen molar-refractivity contribution in [2.24, 2.45) is 0 Å². The van der Waals surface area contributed by atoms with Crippen LogP contribution in [-0.2, 0) is 0 Å². The molecule has 2 aromatic rings. The van der Waals surface area contributed by atoms with Crippen LogP contribution < -0.4 is 0 Å². The topological polar surface area (TPSA) is 25.8 Å². The third kappa shape index (κ3) is 3.17. The van der Waals surface area contributed by atoms with Crippen LogP contribution >= 0.6 is 0 Å². The summed E-state index contributed by atoms with van der Waals surface area (Å²) in [6, 6.07) is 8.26. The summed E-state index contributed by atoms with van der Waals surface area (Å²) < 4.78 is 0. The monoisotopic (exact) mass is 200 g/mol. The molecule has 0 amide bonds. The number of rotatable bonds is 1. The number of hydrogen-bond acceptors (Lipinski definition) is 2. The third-order valence-corrected chi connectivity index (χ3v) is 1.91. The van der Waals surface area contributed by atoms with Crippen molar-refractivity contribution in [3.63, 3.8) is 0 Å². The molecule has 0 aliphatic carbocycles. The molecule has 15 heavy (non-hydrogen) atoms. The van der Waals surface area contributed by atoms with Crippen molar-refractivity contribution in [2.75, 3.05) is 0 Å². The quantitative estimate of drug-likeness (QED) is 0.704. The van der Waals surface area contributed by atoms with Gasteiger partial charge in [0.25, 0.3) is 0 Å². The van der Waals surface area contributed by atoms with Gasteiger partial charge in [-0.15, -0.1) is 0 Å². The summed E-state index contributed by atoms with van der Waals surface area (Å²) >= 11 is 0. The fourth-order valence-electron chi connectivity index (χ4n) is 1.17. The lowest BCUT2D eigenvalue weighted by atomic mass is 10.1. The van der Waals surface area contributed by atoms with Crippen LogP contribution in [0.1, 0.15) is 19.4 Å². The van der Waals surface area contributed by atoms with E-state index in [0.717, 1.165) is 11.3 Å². The highest BCUT2D eigenvalue weighted by molar-refractivity contribution is 5.57. The minimum absolute atomic E-state index is 0.919. The largest absolute Gasteiger partial charge is 0.261 e. The van der Waals surface area contributed by atoms with E-state index in [9.17, 15) is 0 Å². The van der Waals surface area contributed by atoms with Crippen molar-refractivity contribution in [1.82, 2.24) is 9.97 Å². The molecule has 0 saturated carbocycles. The van der Waals surface area contributed by atoms with E-state index in [1.807, 2.05) is 13.8 Å². The Labute approximate surface area is 91.0 Å². The molecule has 1 heterocycles. The zero-order valence-corrected chi connectivity index (χ0v) is 9.44. The molecule has 0 unspecified atom stereocenters. The molecule has 0 saturated heterocycles. The summed E-state index contributed by atoms with van der Waals surface area (Å²) in [6.45, 7) is 6.07. The second-order valence-corrected chi connectivity index (χ2v) is 2.96. The summed E-state index contributed by atoms with van der Waals surface area (Å²) in [5, 5.41) is 0. The molecule has 2 nitrogen and oxygen atoms in total. The van der Waals surface area contributed by atoms with Crippen LogP contribution in [0.4, 0.5) is 0 Å². The summed E-state index contributed by atoms with van der Waals surface area (Å²) in [7, 11) is 0. The van der Waals surface area contributed by atoms with Gasteiger partial charge in [0, 0.05) is 18.0 Å². The Balaban J connectivity index is 0.000000531. The molecule has 78 valence electrons. The van der Waals surface area contributed by atoms with Gasteiger partial charge in [-0.25, -0.2) is 0 Å². The van der Waals surface area contributed by atoms with Gasteiger partial charge in [0.15, 0.2) is 0 Å². The molecule has 0 aliphatic heterocycles. The van der Waals surface area contributed by atoms with Gasteiger partial charge in [0.05, 0.1) is 11.9 Å². The molecule has 2 rings (SSSR count). The molecular weight excluding hydrogens is 184 g/mol. The zero-order valence-electron chi connectivity index (χ0n) is 9.44.